The van der Waals surface area contributed by atoms with Crippen LogP contribution in [0.2, 0.25) is 0 Å². The van der Waals surface area contributed by atoms with Crippen LogP contribution in [0, 0.1) is 0 Å². The molecular formula is C72H123Cl3N2O14. The van der Waals surface area contributed by atoms with E-state index < -0.39 is 77.1 Å². The molecule has 2 fully saturated rings. The summed E-state index contributed by atoms with van der Waals surface area (Å²) < 4.78 is 54.1. The molecule has 2 N–H and O–H groups in total. The zero-order valence-electron chi connectivity index (χ0n) is 57.2. The Morgan fingerprint density at radius 3 is 1.51 bits per heavy atom. The van der Waals surface area contributed by atoms with E-state index in [1.165, 1.54) is 116 Å². The number of unbranched alkanes of at least 4 members (excludes halogenated alkanes) is 30. The molecule has 1 aromatic rings. The Morgan fingerprint density at radius 2 is 1.03 bits per heavy atom. The number of benzene rings is 1. The minimum atomic E-state index is -1.96. The van der Waals surface area contributed by atoms with Crippen molar-refractivity contribution in [2.75, 3.05) is 26.4 Å². The van der Waals surface area contributed by atoms with E-state index in [-0.39, 0.29) is 63.5 Å². The molecule has 3 rings (SSSR count). The van der Waals surface area contributed by atoms with E-state index in [0.717, 1.165) is 102 Å². The van der Waals surface area contributed by atoms with Gasteiger partial charge in [0.1, 0.15) is 37.1 Å². The number of ether oxygens (including phenoxy) is 9. The van der Waals surface area contributed by atoms with Crippen molar-refractivity contribution in [1.29, 1.82) is 0 Å². The number of carbonyl (C=O) groups is 5. The molecule has 0 saturated carbocycles. The Labute approximate surface area is 564 Å². The number of alkyl carbamates (subject to hydrolysis) is 1. The van der Waals surface area contributed by atoms with Crippen LogP contribution in [0.15, 0.2) is 30.3 Å². The van der Waals surface area contributed by atoms with Crippen LogP contribution in [0.4, 0.5) is 4.79 Å². The van der Waals surface area contributed by atoms with Crippen LogP contribution in [0.1, 0.15) is 304 Å². The van der Waals surface area contributed by atoms with Crippen molar-refractivity contribution in [2.24, 2.45) is 0 Å². The number of hydrogen-bond donors (Lipinski definition) is 2. The van der Waals surface area contributed by atoms with Gasteiger partial charge in [0, 0.05) is 12.8 Å². The number of carbonyl (C=O) groups excluding carboxylic acids is 5. The summed E-state index contributed by atoms with van der Waals surface area (Å²) >= 11 is 18.1. The lowest BCUT2D eigenvalue weighted by atomic mass is 9.95. The zero-order chi connectivity index (χ0) is 66.2. The van der Waals surface area contributed by atoms with E-state index in [0.29, 0.717) is 25.7 Å². The topological polar surface area (TPSA) is 192 Å². The first kappa shape index (κ1) is 82.3. The summed E-state index contributed by atoms with van der Waals surface area (Å²) in [6.07, 6.45) is 31.7. The number of amides is 2. The highest BCUT2D eigenvalue weighted by molar-refractivity contribution is 6.67. The Balaban J connectivity index is 1.90. The Bertz CT molecular complexity index is 2030. The van der Waals surface area contributed by atoms with Gasteiger partial charge in [0.2, 0.25) is 9.70 Å². The summed E-state index contributed by atoms with van der Waals surface area (Å²) in [5.74, 6) is -2.90. The molecule has 2 heterocycles. The SMILES string of the molecule is CCCCCCCCCCC[C@H](CC(=O)N[C@@H](COCc1ccccc1)COC1O[C@@H]2COC(C)(C)O[C@H]2[C@H](OC(=O)C[C@@H](CCCCCCCCCCC)OC(=O)CCCCCCCCCC)[C@H]1NC(=O)OCC(Cl)(Cl)Cl)OC(=O)CCCCCCCCCC. The second-order valence-corrected chi connectivity index (χ2v) is 28.6. The third kappa shape index (κ3) is 41.6. The predicted octanol–water partition coefficient (Wildman–Crippen LogP) is 18.5. The minimum absolute atomic E-state index is 0.00788. The Kier molecular flexibility index (Phi) is 46.4. The van der Waals surface area contributed by atoms with E-state index in [1.807, 2.05) is 30.3 Å². The molecule has 8 atom stereocenters. The van der Waals surface area contributed by atoms with E-state index in [1.54, 1.807) is 13.8 Å². The van der Waals surface area contributed by atoms with E-state index >= 15 is 0 Å². The van der Waals surface area contributed by atoms with Crippen LogP contribution in [0.5, 0.6) is 0 Å². The van der Waals surface area contributed by atoms with Crippen LogP contribution >= 0.6 is 34.8 Å². The lowest BCUT2D eigenvalue weighted by Gasteiger charge is -2.50. The van der Waals surface area contributed by atoms with Crippen molar-refractivity contribution < 1.29 is 66.6 Å². The second-order valence-electron chi connectivity index (χ2n) is 26.1. The van der Waals surface area contributed by atoms with Crippen LogP contribution in [-0.2, 0) is 68.4 Å². The number of nitrogens with one attached hydrogen (secondary N) is 2. The van der Waals surface area contributed by atoms with Gasteiger partial charge in [-0.05, 0) is 57.9 Å². The van der Waals surface area contributed by atoms with E-state index in [4.69, 9.17) is 77.4 Å². The maximum atomic E-state index is 14.6. The number of alkyl halides is 3. The fraction of sp³-hybridized carbons (Fsp3) is 0.847. The molecule has 0 aliphatic carbocycles. The summed E-state index contributed by atoms with van der Waals surface area (Å²) in [6, 6.07) is 7.48. The molecule has 526 valence electrons. The normalized spacial score (nSPS) is 19.0. The van der Waals surface area contributed by atoms with Crippen LogP contribution in [0.25, 0.3) is 0 Å². The predicted molar refractivity (Wildman–Crippen MR) is 363 cm³/mol. The lowest BCUT2D eigenvalue weighted by Crippen LogP contribution is -2.69. The van der Waals surface area contributed by atoms with Crippen LogP contribution < -0.4 is 10.6 Å². The largest absolute Gasteiger partial charge is 0.462 e. The molecule has 91 heavy (non-hydrogen) atoms. The zero-order valence-corrected chi connectivity index (χ0v) is 59.4. The average molecular weight is 1350 g/mol. The number of hydrogen-bond acceptors (Lipinski definition) is 14. The number of fused-ring (bicyclic) bond motifs is 1. The van der Waals surface area contributed by atoms with Gasteiger partial charge in [-0.2, -0.15) is 0 Å². The summed E-state index contributed by atoms with van der Waals surface area (Å²) in [4.78, 5) is 69.7. The maximum Gasteiger partial charge on any atom is 0.407 e. The number of esters is 3. The monoisotopic (exact) mass is 1340 g/mol. The van der Waals surface area contributed by atoms with Crippen molar-refractivity contribution in [1.82, 2.24) is 10.6 Å². The van der Waals surface area contributed by atoms with Crippen molar-refractivity contribution in [2.45, 2.75) is 363 Å². The molecule has 0 spiro atoms. The summed E-state index contributed by atoms with van der Waals surface area (Å²) in [6.45, 7) is 11.6. The standard InChI is InChI=1S/C72H123Cl3N2O14/c1-7-11-15-19-23-27-29-33-40-46-59(87-63(79)48-42-35-31-25-21-17-13-9-3)50-62(78)76-58(53-83-52-57-44-38-37-39-45-57)54-84-69-66(77-70(82)85-56-72(73,74)75)68(67-61(89-69)55-86-71(5,6)91-67)90-65(81)51-60(47-41-34-30-28-24-20-16-12-8-2)88-64(80)49-43-36-32-26-22-18-14-10-4/h37-39,44-45,58-61,66-69H,7-36,40-43,46-56H2,1-6H3,(H,76,78)(H,77,82)/t58-,59+,60+,61+,66+,67+,68+,69?/m0/s1. The highest BCUT2D eigenvalue weighted by Crippen LogP contribution is 2.36. The minimum Gasteiger partial charge on any atom is -0.462 e. The molecular weight excluding hydrogens is 1220 g/mol. The van der Waals surface area contributed by atoms with Crippen molar-refractivity contribution in [3.05, 3.63) is 35.9 Å². The fourth-order valence-corrected chi connectivity index (χ4v) is 11.9. The molecule has 2 aliphatic rings. The van der Waals surface area contributed by atoms with Crippen molar-refractivity contribution in [3.8, 4) is 0 Å². The van der Waals surface area contributed by atoms with Gasteiger partial charge in [0.05, 0.1) is 45.3 Å². The fourth-order valence-electron chi connectivity index (χ4n) is 11.8. The van der Waals surface area contributed by atoms with Gasteiger partial charge >= 0.3 is 24.0 Å². The van der Waals surface area contributed by atoms with Crippen LogP contribution in [-0.4, -0.2) is 115 Å². The molecule has 16 nitrogen and oxygen atoms in total. The first-order valence-corrected chi connectivity index (χ1v) is 37.2. The molecule has 1 unspecified atom stereocenters. The number of halogens is 3. The highest BCUT2D eigenvalue weighted by Gasteiger charge is 2.54. The van der Waals surface area contributed by atoms with Crippen molar-refractivity contribution in [3.63, 3.8) is 0 Å². The molecule has 19 heteroatoms. The smallest absolute Gasteiger partial charge is 0.407 e. The van der Waals surface area contributed by atoms with Gasteiger partial charge in [0.25, 0.3) is 0 Å². The molecule has 2 aliphatic heterocycles. The van der Waals surface area contributed by atoms with Gasteiger partial charge in [-0.25, -0.2) is 4.79 Å². The van der Waals surface area contributed by atoms with Gasteiger partial charge in [-0.1, -0.05) is 285 Å². The van der Waals surface area contributed by atoms with Crippen molar-refractivity contribution >= 4 is 64.7 Å². The second kappa shape index (κ2) is 51.3. The first-order chi connectivity index (χ1) is 43.9. The summed E-state index contributed by atoms with van der Waals surface area (Å²) in [5, 5.41) is 5.87. The lowest BCUT2D eigenvalue weighted by molar-refractivity contribution is -0.369. The van der Waals surface area contributed by atoms with E-state index in [9.17, 15) is 24.0 Å². The maximum absolute atomic E-state index is 14.6. The quantitative estimate of drug-likeness (QED) is 0.0271. The Morgan fingerprint density at radius 1 is 0.582 bits per heavy atom. The average Bonchev–Trinajstić information content (AvgIpc) is 0.812. The van der Waals surface area contributed by atoms with Crippen LogP contribution in [0.3, 0.4) is 0 Å². The molecule has 2 amide bonds. The molecule has 0 aromatic heterocycles. The van der Waals surface area contributed by atoms with Gasteiger partial charge in [-0.3, -0.25) is 19.2 Å². The first-order valence-electron chi connectivity index (χ1n) is 36.0. The molecule has 0 bridgehead atoms. The van der Waals surface area contributed by atoms with Gasteiger partial charge in [-0.15, -0.1) is 0 Å². The third-order valence-corrected chi connectivity index (χ3v) is 17.3. The number of rotatable bonds is 55. The van der Waals surface area contributed by atoms with E-state index in [2.05, 4.69) is 38.3 Å². The Hall–Kier alpha value is -2.96. The molecule has 2 saturated heterocycles. The molecule has 1 aromatic carbocycles. The summed E-state index contributed by atoms with van der Waals surface area (Å²) in [7, 11) is 0. The van der Waals surface area contributed by atoms with Gasteiger partial charge in [0.15, 0.2) is 18.2 Å². The van der Waals surface area contributed by atoms with Gasteiger partial charge < -0.3 is 53.3 Å². The molecule has 0 radical (unpaired) electrons. The summed E-state index contributed by atoms with van der Waals surface area (Å²) in [5.41, 5.74) is 0.913. The third-order valence-electron chi connectivity index (χ3n) is 17.0. The highest BCUT2D eigenvalue weighted by atomic mass is 35.6.